The molecule has 1 N–H and O–H groups in total. The highest BCUT2D eigenvalue weighted by Crippen LogP contribution is 2.13. The number of hydrogen-bond acceptors (Lipinski definition) is 7. The Morgan fingerprint density at radius 1 is 1.27 bits per heavy atom. The van der Waals surface area contributed by atoms with Crippen molar-refractivity contribution in [1.82, 2.24) is 15.2 Å². The van der Waals surface area contributed by atoms with E-state index in [2.05, 4.69) is 21.3 Å². The molecule has 7 nitrogen and oxygen atoms in total. The summed E-state index contributed by atoms with van der Waals surface area (Å²) in [6, 6.07) is 7.51. The van der Waals surface area contributed by atoms with Gasteiger partial charge in [0.05, 0.1) is 18.6 Å². The van der Waals surface area contributed by atoms with Crippen LogP contribution >= 0.6 is 11.8 Å². The van der Waals surface area contributed by atoms with Crippen molar-refractivity contribution < 1.29 is 18.2 Å². The fourth-order valence-corrected chi connectivity index (χ4v) is 5.09. The lowest BCUT2D eigenvalue weighted by molar-refractivity contribution is -0.123. The highest BCUT2D eigenvalue weighted by molar-refractivity contribution is 7.99. The third kappa shape index (κ3) is 8.04. The van der Waals surface area contributed by atoms with Crippen LogP contribution in [0.5, 0.6) is 0 Å². The number of carbonyl (C=O) groups excluding carboxylic acids is 2. The van der Waals surface area contributed by atoms with Crippen LogP contribution in [0, 0.1) is 0 Å². The fourth-order valence-electron chi connectivity index (χ4n) is 3.14. The molecule has 1 fully saturated rings. The van der Waals surface area contributed by atoms with Gasteiger partial charge in [-0.1, -0.05) is 0 Å². The van der Waals surface area contributed by atoms with Gasteiger partial charge in [-0.05, 0) is 36.2 Å². The number of Topliss-reactive ketones (excluding diaryl/α,β-unsaturated/α-hetero) is 1. The van der Waals surface area contributed by atoms with Gasteiger partial charge in [0.1, 0.15) is 11.5 Å². The Kier molecular flexibility index (Phi) is 9.10. The zero-order valence-corrected chi connectivity index (χ0v) is 18.5. The average molecular weight is 450 g/mol. The van der Waals surface area contributed by atoms with Gasteiger partial charge >= 0.3 is 0 Å². The molecule has 9 heteroatoms. The minimum atomic E-state index is -1.37. The Morgan fingerprint density at radius 2 is 2.10 bits per heavy atom. The summed E-state index contributed by atoms with van der Waals surface area (Å²) in [5, 5.41) is 2.55. The van der Waals surface area contributed by atoms with Gasteiger partial charge in [-0.3, -0.25) is 23.7 Å². The molecule has 0 saturated carbocycles. The molecule has 3 rings (SSSR count). The zero-order chi connectivity index (χ0) is 21.2. The predicted molar refractivity (Wildman–Crippen MR) is 119 cm³/mol. The second-order valence-electron chi connectivity index (χ2n) is 7.17. The first kappa shape index (κ1) is 22.7. The van der Waals surface area contributed by atoms with E-state index >= 15 is 0 Å². The van der Waals surface area contributed by atoms with E-state index in [0.717, 1.165) is 25.3 Å². The zero-order valence-electron chi connectivity index (χ0n) is 16.9. The Bertz CT molecular complexity index is 852. The summed E-state index contributed by atoms with van der Waals surface area (Å²) in [5.41, 5.74) is 2.10. The Balaban J connectivity index is 1.35. The number of aryl methyl sites for hydroxylation is 1. The number of ketones is 1. The van der Waals surface area contributed by atoms with Gasteiger partial charge in [0, 0.05) is 60.3 Å². The van der Waals surface area contributed by atoms with Crippen LogP contribution in [-0.4, -0.2) is 62.7 Å². The second kappa shape index (κ2) is 12.0. The molecule has 0 spiro atoms. The number of nitrogens with one attached hydrogen (secondary N) is 1. The van der Waals surface area contributed by atoms with Crippen molar-refractivity contribution in [3.63, 3.8) is 0 Å². The van der Waals surface area contributed by atoms with Gasteiger partial charge in [-0.25, -0.2) is 0 Å². The maximum absolute atomic E-state index is 12.1. The van der Waals surface area contributed by atoms with Crippen LogP contribution < -0.4 is 5.32 Å². The van der Waals surface area contributed by atoms with E-state index in [-0.39, 0.29) is 23.8 Å². The number of furan rings is 1. The van der Waals surface area contributed by atoms with Gasteiger partial charge in [0.15, 0.2) is 5.78 Å². The summed E-state index contributed by atoms with van der Waals surface area (Å²) in [6.07, 6.45) is 4.15. The first-order chi connectivity index (χ1) is 14.6. The van der Waals surface area contributed by atoms with Crippen LogP contribution in [-0.2, 0) is 39.1 Å². The summed E-state index contributed by atoms with van der Waals surface area (Å²) in [5.74, 6) is 2.50. The van der Waals surface area contributed by atoms with E-state index in [1.165, 1.54) is 23.3 Å². The molecular formula is C21H27N3O4S2. The largest absolute Gasteiger partial charge is 0.468 e. The Morgan fingerprint density at radius 3 is 2.87 bits per heavy atom. The van der Waals surface area contributed by atoms with Gasteiger partial charge in [-0.15, -0.1) is 0 Å². The summed E-state index contributed by atoms with van der Waals surface area (Å²) in [7, 11) is -1.37. The molecule has 162 valence electrons. The summed E-state index contributed by atoms with van der Waals surface area (Å²) in [6.45, 7) is 3.07. The van der Waals surface area contributed by atoms with Crippen molar-refractivity contribution in [3.05, 3.63) is 53.7 Å². The number of rotatable bonds is 11. The molecule has 1 saturated heterocycles. The third-order valence-corrected chi connectivity index (χ3v) is 6.84. The first-order valence-electron chi connectivity index (χ1n) is 9.98. The molecule has 2 aromatic heterocycles. The molecule has 0 radical (unpaired) electrons. The average Bonchev–Trinajstić information content (AvgIpc) is 3.24. The summed E-state index contributed by atoms with van der Waals surface area (Å²) in [4.78, 5) is 30.8. The van der Waals surface area contributed by atoms with Gasteiger partial charge < -0.3 is 9.73 Å². The van der Waals surface area contributed by atoms with Gasteiger partial charge in [0.2, 0.25) is 5.91 Å². The molecule has 0 bridgehead atoms. The van der Waals surface area contributed by atoms with Gasteiger partial charge in [-0.2, -0.15) is 11.8 Å². The quantitative estimate of drug-likeness (QED) is 0.559. The Hall–Kier alpha value is -1.97. The normalized spacial score (nSPS) is 15.6. The monoisotopic (exact) mass is 449 g/mol. The number of hydrogen-bond donors (Lipinski definition) is 1. The number of amides is 1. The summed E-state index contributed by atoms with van der Waals surface area (Å²) < 4.78 is 17.1. The van der Waals surface area contributed by atoms with E-state index in [4.69, 9.17) is 4.42 Å². The molecule has 1 amide bonds. The molecule has 1 unspecified atom stereocenters. The lowest BCUT2D eigenvalue weighted by atomic mass is 10.1. The minimum absolute atomic E-state index is 0.0537. The minimum Gasteiger partial charge on any atom is -0.468 e. The molecule has 1 aliphatic rings. The van der Waals surface area contributed by atoms with Gasteiger partial charge in [0.25, 0.3) is 0 Å². The molecule has 3 heterocycles. The molecular weight excluding hydrogens is 422 g/mol. The molecule has 2 aromatic rings. The van der Waals surface area contributed by atoms with E-state index < -0.39 is 16.7 Å². The third-order valence-electron chi connectivity index (χ3n) is 4.71. The predicted octanol–water partition coefficient (Wildman–Crippen LogP) is 1.79. The maximum atomic E-state index is 12.1. The van der Waals surface area contributed by atoms with Crippen LogP contribution in [0.25, 0.3) is 0 Å². The first-order valence-corrected chi connectivity index (χ1v) is 12.6. The van der Waals surface area contributed by atoms with Crippen molar-refractivity contribution in [2.75, 3.05) is 36.9 Å². The van der Waals surface area contributed by atoms with Crippen molar-refractivity contribution >= 4 is 34.3 Å². The van der Waals surface area contributed by atoms with Crippen molar-refractivity contribution in [1.29, 1.82) is 0 Å². The standard InChI is InChI=1S/C21H27N3O4S2/c25-19(13-23-21(26)16-30(27)15-20-2-1-9-28-20)4-3-18-12-17(5-6-22-18)14-24-7-10-29-11-8-24/h1-2,5-6,9,12H,3-4,7-8,10-11,13-16H2,(H,23,26). The lowest BCUT2D eigenvalue weighted by Crippen LogP contribution is -2.33. The molecule has 0 aromatic carbocycles. The fraction of sp³-hybridized carbons (Fsp3) is 0.476. The van der Waals surface area contributed by atoms with E-state index in [1.807, 2.05) is 17.8 Å². The summed E-state index contributed by atoms with van der Waals surface area (Å²) >= 11 is 1.99. The molecule has 1 aliphatic heterocycles. The van der Waals surface area contributed by atoms with Crippen LogP contribution in [0.2, 0.25) is 0 Å². The second-order valence-corrected chi connectivity index (χ2v) is 9.85. The van der Waals surface area contributed by atoms with Crippen molar-refractivity contribution in [2.24, 2.45) is 0 Å². The van der Waals surface area contributed by atoms with E-state index in [9.17, 15) is 13.8 Å². The number of nitrogens with zero attached hydrogens (tertiary/aromatic N) is 2. The number of carbonyl (C=O) groups is 2. The molecule has 30 heavy (non-hydrogen) atoms. The lowest BCUT2D eigenvalue weighted by Gasteiger charge is -2.26. The van der Waals surface area contributed by atoms with Crippen LogP contribution in [0.1, 0.15) is 23.4 Å². The van der Waals surface area contributed by atoms with E-state index in [0.29, 0.717) is 18.6 Å². The smallest absolute Gasteiger partial charge is 0.232 e. The van der Waals surface area contributed by atoms with E-state index in [1.54, 1.807) is 18.3 Å². The van der Waals surface area contributed by atoms with Crippen LogP contribution in [0.3, 0.4) is 0 Å². The van der Waals surface area contributed by atoms with Crippen molar-refractivity contribution in [3.8, 4) is 0 Å². The highest BCUT2D eigenvalue weighted by atomic mass is 32.2. The topological polar surface area (TPSA) is 92.5 Å². The van der Waals surface area contributed by atoms with Crippen LogP contribution in [0.15, 0.2) is 41.1 Å². The molecule has 0 aliphatic carbocycles. The maximum Gasteiger partial charge on any atom is 0.232 e. The van der Waals surface area contributed by atoms with Crippen LogP contribution in [0.4, 0.5) is 0 Å². The number of aromatic nitrogens is 1. The molecule has 1 atom stereocenters. The highest BCUT2D eigenvalue weighted by Gasteiger charge is 2.13. The number of pyridine rings is 1. The SMILES string of the molecule is O=C(CCc1cc(CN2CCSCC2)ccn1)CNC(=O)CS(=O)Cc1ccco1. The number of thioether (sulfide) groups is 1. The van der Waals surface area contributed by atoms with Crippen molar-refractivity contribution in [2.45, 2.75) is 25.1 Å². The Labute approximate surface area is 183 Å².